The van der Waals surface area contributed by atoms with Gasteiger partial charge in [0.25, 0.3) is 0 Å². The van der Waals surface area contributed by atoms with E-state index in [1.54, 1.807) is 19.5 Å². The van der Waals surface area contributed by atoms with Gasteiger partial charge >= 0.3 is 0 Å². The highest BCUT2D eigenvalue weighted by Crippen LogP contribution is 2.26. The maximum absolute atomic E-state index is 5.99. The van der Waals surface area contributed by atoms with E-state index >= 15 is 0 Å². The molecular weight excluding hydrogens is 299 g/mol. The van der Waals surface area contributed by atoms with E-state index in [1.165, 1.54) is 0 Å². The molecule has 0 spiro atoms. The number of aromatic nitrogens is 3. The number of nitrogens with one attached hydrogen (secondary N) is 1. The molecule has 3 rings (SSSR count). The van der Waals surface area contributed by atoms with Crippen molar-refractivity contribution < 1.29 is 4.74 Å². The number of methoxy groups -OCH3 is 1. The van der Waals surface area contributed by atoms with E-state index in [0.717, 1.165) is 22.7 Å². The van der Waals surface area contributed by atoms with Crippen LogP contribution in [0.3, 0.4) is 0 Å². The van der Waals surface area contributed by atoms with Gasteiger partial charge in [0.1, 0.15) is 17.4 Å². The van der Waals surface area contributed by atoms with Gasteiger partial charge in [-0.1, -0.05) is 19.1 Å². The van der Waals surface area contributed by atoms with Crippen LogP contribution in [0.1, 0.15) is 18.6 Å². The highest BCUT2D eigenvalue weighted by Gasteiger charge is 2.10. The molecule has 0 aliphatic carbocycles. The Balaban J connectivity index is 2.02. The fraction of sp³-hybridized carbons (Fsp3) is 0.167. The van der Waals surface area contributed by atoms with E-state index in [2.05, 4.69) is 20.3 Å². The van der Waals surface area contributed by atoms with Crippen LogP contribution in [0.25, 0.3) is 11.3 Å². The summed E-state index contributed by atoms with van der Waals surface area (Å²) in [5.41, 5.74) is 2.57. The number of pyridine rings is 1. The zero-order chi connectivity index (χ0) is 16.9. The lowest BCUT2D eigenvalue weighted by Gasteiger charge is -2.12. The van der Waals surface area contributed by atoms with Gasteiger partial charge in [-0.2, -0.15) is 0 Å². The van der Waals surface area contributed by atoms with Gasteiger partial charge in [0.15, 0.2) is 0 Å². The highest BCUT2D eigenvalue weighted by atomic mass is 16.5. The van der Waals surface area contributed by atoms with E-state index in [4.69, 9.17) is 12.6 Å². The standard InChI is InChI=1S/C18H17BN4O/c1-12(19)18-22-16(13-5-3-7-15(9-13)24-2)10-17(23-18)21-14-6-4-8-20-11-14/h3-12H,1-2H3,(H,21,22,23). The molecule has 2 radical (unpaired) electrons. The summed E-state index contributed by atoms with van der Waals surface area (Å²) in [5, 5.41) is 3.24. The molecular formula is C18H17BN4O. The number of hydrogen-bond acceptors (Lipinski definition) is 5. The molecule has 0 saturated carbocycles. The Kier molecular flexibility index (Phi) is 4.75. The number of ether oxygens (including phenoxy) is 1. The number of benzene rings is 1. The normalized spacial score (nSPS) is 11.8. The first-order valence-electron chi connectivity index (χ1n) is 7.62. The SMILES string of the molecule is [B]C(C)c1nc(Nc2cccnc2)cc(-c2cccc(OC)c2)n1. The van der Waals surface area contributed by atoms with Crippen molar-refractivity contribution in [2.45, 2.75) is 12.7 Å². The third-order valence-corrected chi connectivity index (χ3v) is 3.45. The topological polar surface area (TPSA) is 59.9 Å². The molecule has 0 aliphatic rings. The first-order valence-corrected chi connectivity index (χ1v) is 7.62. The molecule has 1 N–H and O–H groups in total. The first-order chi connectivity index (χ1) is 11.7. The van der Waals surface area contributed by atoms with Gasteiger partial charge in [0.05, 0.1) is 32.5 Å². The fourth-order valence-electron chi connectivity index (χ4n) is 2.25. The van der Waals surface area contributed by atoms with Crippen LogP contribution >= 0.6 is 0 Å². The van der Waals surface area contributed by atoms with Gasteiger partial charge < -0.3 is 10.1 Å². The molecule has 2 heterocycles. The van der Waals surface area contributed by atoms with Crippen molar-refractivity contribution in [2.75, 3.05) is 12.4 Å². The van der Waals surface area contributed by atoms with Crippen molar-refractivity contribution in [1.82, 2.24) is 15.0 Å². The van der Waals surface area contributed by atoms with Crippen LogP contribution in [0, 0.1) is 0 Å². The summed E-state index contributed by atoms with van der Waals surface area (Å²) < 4.78 is 5.29. The largest absolute Gasteiger partial charge is 0.497 e. The molecule has 3 aromatic rings. The third-order valence-electron chi connectivity index (χ3n) is 3.45. The van der Waals surface area contributed by atoms with Crippen LogP contribution in [-0.4, -0.2) is 29.9 Å². The van der Waals surface area contributed by atoms with Gasteiger partial charge in [-0.15, -0.1) is 0 Å². The zero-order valence-corrected chi connectivity index (χ0v) is 13.6. The van der Waals surface area contributed by atoms with Crippen LogP contribution in [0.2, 0.25) is 0 Å². The molecule has 1 aromatic carbocycles. The number of anilines is 2. The summed E-state index contributed by atoms with van der Waals surface area (Å²) in [7, 11) is 7.63. The van der Waals surface area contributed by atoms with Crippen molar-refractivity contribution in [3.8, 4) is 17.0 Å². The minimum atomic E-state index is -0.273. The Bertz CT molecular complexity index is 824. The molecule has 0 fully saturated rings. The average molecular weight is 316 g/mol. The van der Waals surface area contributed by atoms with E-state index in [9.17, 15) is 0 Å². The number of rotatable bonds is 5. The van der Waals surface area contributed by atoms with Gasteiger partial charge in [0, 0.05) is 17.8 Å². The second-order valence-electron chi connectivity index (χ2n) is 5.38. The van der Waals surface area contributed by atoms with Crippen LogP contribution in [0.4, 0.5) is 11.5 Å². The molecule has 6 heteroatoms. The van der Waals surface area contributed by atoms with Crippen LogP contribution < -0.4 is 10.1 Å². The monoisotopic (exact) mass is 316 g/mol. The average Bonchev–Trinajstić information content (AvgIpc) is 2.62. The molecule has 24 heavy (non-hydrogen) atoms. The van der Waals surface area contributed by atoms with Crippen molar-refractivity contribution in [3.63, 3.8) is 0 Å². The number of nitrogens with zero attached hydrogens (tertiary/aromatic N) is 3. The molecule has 0 bridgehead atoms. The van der Waals surface area contributed by atoms with Crippen molar-refractivity contribution >= 4 is 19.4 Å². The summed E-state index contributed by atoms with van der Waals surface area (Å²) in [6.07, 6.45) is 3.46. The predicted molar refractivity (Wildman–Crippen MR) is 95.7 cm³/mol. The van der Waals surface area contributed by atoms with E-state index in [0.29, 0.717) is 11.6 Å². The Morgan fingerprint density at radius 1 is 1.12 bits per heavy atom. The van der Waals surface area contributed by atoms with Crippen LogP contribution in [0.5, 0.6) is 5.75 Å². The molecule has 0 saturated heterocycles. The van der Waals surface area contributed by atoms with Gasteiger partial charge in [0.2, 0.25) is 0 Å². The lowest BCUT2D eigenvalue weighted by Crippen LogP contribution is -2.05. The van der Waals surface area contributed by atoms with E-state index in [-0.39, 0.29) is 5.82 Å². The minimum absolute atomic E-state index is 0.273. The Morgan fingerprint density at radius 2 is 2.00 bits per heavy atom. The summed E-state index contributed by atoms with van der Waals surface area (Å²) in [6.45, 7) is 1.86. The molecule has 0 aliphatic heterocycles. The maximum atomic E-state index is 5.99. The summed E-state index contributed by atoms with van der Waals surface area (Å²) in [6, 6.07) is 13.4. The Labute approximate surface area is 142 Å². The van der Waals surface area contributed by atoms with E-state index < -0.39 is 0 Å². The molecule has 1 atom stereocenters. The second-order valence-corrected chi connectivity index (χ2v) is 5.38. The van der Waals surface area contributed by atoms with Crippen molar-refractivity contribution in [3.05, 3.63) is 60.7 Å². The first kappa shape index (κ1) is 16.0. The van der Waals surface area contributed by atoms with Crippen LogP contribution in [0.15, 0.2) is 54.9 Å². The van der Waals surface area contributed by atoms with Gasteiger partial charge in [-0.3, -0.25) is 4.98 Å². The third kappa shape index (κ3) is 3.71. The molecule has 5 nitrogen and oxygen atoms in total. The Hall–Kier alpha value is -2.89. The van der Waals surface area contributed by atoms with Crippen molar-refractivity contribution in [2.24, 2.45) is 0 Å². The fourth-order valence-corrected chi connectivity index (χ4v) is 2.25. The zero-order valence-electron chi connectivity index (χ0n) is 13.6. The van der Waals surface area contributed by atoms with Gasteiger partial charge in [-0.05, 0) is 30.1 Å². The summed E-state index contributed by atoms with van der Waals surface area (Å²) in [5.74, 6) is 1.74. The quantitative estimate of drug-likeness (QED) is 0.730. The van der Waals surface area contributed by atoms with E-state index in [1.807, 2.05) is 49.4 Å². The minimum Gasteiger partial charge on any atom is -0.497 e. The molecule has 0 amide bonds. The lowest BCUT2D eigenvalue weighted by molar-refractivity contribution is 0.415. The lowest BCUT2D eigenvalue weighted by atomic mass is 9.89. The second kappa shape index (κ2) is 7.13. The molecule has 1 unspecified atom stereocenters. The molecule has 2 aromatic heterocycles. The van der Waals surface area contributed by atoms with Crippen LogP contribution in [-0.2, 0) is 0 Å². The summed E-state index contributed by atoms with van der Waals surface area (Å²) in [4.78, 5) is 13.2. The predicted octanol–water partition coefficient (Wildman–Crippen LogP) is 3.52. The Morgan fingerprint density at radius 3 is 2.71 bits per heavy atom. The summed E-state index contributed by atoms with van der Waals surface area (Å²) >= 11 is 0. The smallest absolute Gasteiger partial charge is 0.134 e. The molecule has 118 valence electrons. The van der Waals surface area contributed by atoms with Crippen molar-refractivity contribution in [1.29, 1.82) is 0 Å². The highest BCUT2D eigenvalue weighted by molar-refractivity contribution is 6.11. The maximum Gasteiger partial charge on any atom is 0.134 e. The number of hydrogen-bond donors (Lipinski definition) is 1. The van der Waals surface area contributed by atoms with Gasteiger partial charge in [-0.25, -0.2) is 9.97 Å².